The molecule has 4 aromatic rings. The van der Waals surface area contributed by atoms with Crippen LogP contribution >= 0.6 is 11.3 Å². The van der Waals surface area contributed by atoms with Gasteiger partial charge in [0.2, 0.25) is 0 Å². The number of fused-ring (bicyclic) bond motifs is 2. The molecule has 1 aliphatic rings. The van der Waals surface area contributed by atoms with E-state index in [-0.39, 0.29) is 0 Å². The Balaban J connectivity index is 1.57. The van der Waals surface area contributed by atoms with E-state index in [4.69, 9.17) is 0 Å². The van der Waals surface area contributed by atoms with Gasteiger partial charge in [0.15, 0.2) is 0 Å². The van der Waals surface area contributed by atoms with Crippen LogP contribution in [0.15, 0.2) is 67.0 Å². The van der Waals surface area contributed by atoms with Crippen LogP contribution in [0.2, 0.25) is 0 Å². The van der Waals surface area contributed by atoms with Crippen molar-refractivity contribution in [1.29, 1.82) is 0 Å². The summed E-state index contributed by atoms with van der Waals surface area (Å²) in [7, 11) is 0. The molecule has 2 aromatic carbocycles. The third-order valence-corrected chi connectivity index (χ3v) is 5.89. The smallest absolute Gasteiger partial charge is 0.141 e. The summed E-state index contributed by atoms with van der Waals surface area (Å²) in [5.74, 6) is 1.05. The Morgan fingerprint density at radius 3 is 2.56 bits per heavy atom. The van der Waals surface area contributed by atoms with Gasteiger partial charge >= 0.3 is 0 Å². The summed E-state index contributed by atoms with van der Waals surface area (Å²) in [5.41, 5.74) is 4.10. The Labute approximate surface area is 150 Å². The molecule has 3 heterocycles. The zero-order chi connectivity index (χ0) is 16.6. The topological polar surface area (TPSA) is 29.0 Å². The molecule has 0 unspecified atom stereocenters. The Bertz CT molecular complexity index is 1040. The summed E-state index contributed by atoms with van der Waals surface area (Å²) in [5, 5.41) is 1.16. The summed E-state index contributed by atoms with van der Waals surface area (Å²) in [6.07, 6.45) is 2.76. The molecule has 2 aromatic heterocycles. The molecule has 25 heavy (non-hydrogen) atoms. The molecule has 0 radical (unpaired) electrons. The maximum Gasteiger partial charge on any atom is 0.141 e. The lowest BCUT2D eigenvalue weighted by atomic mass is 10.00. The van der Waals surface area contributed by atoms with Gasteiger partial charge in [0, 0.05) is 18.0 Å². The zero-order valence-electron chi connectivity index (χ0n) is 13.7. The van der Waals surface area contributed by atoms with E-state index in [9.17, 15) is 0 Å². The number of benzene rings is 2. The molecule has 5 rings (SSSR count). The van der Waals surface area contributed by atoms with Crippen LogP contribution in [0.1, 0.15) is 11.1 Å². The first kappa shape index (κ1) is 14.6. The van der Waals surface area contributed by atoms with Crippen LogP contribution in [0.25, 0.3) is 20.7 Å². The fourth-order valence-corrected chi connectivity index (χ4v) is 4.52. The number of aromatic nitrogens is 2. The van der Waals surface area contributed by atoms with Crippen molar-refractivity contribution < 1.29 is 0 Å². The molecule has 0 amide bonds. The first-order valence-corrected chi connectivity index (χ1v) is 9.32. The maximum absolute atomic E-state index is 4.63. The molecule has 0 aliphatic carbocycles. The van der Waals surface area contributed by atoms with Crippen LogP contribution in [0.5, 0.6) is 0 Å². The Morgan fingerprint density at radius 1 is 0.880 bits per heavy atom. The molecule has 122 valence electrons. The normalized spacial score (nSPS) is 13.8. The van der Waals surface area contributed by atoms with Gasteiger partial charge in [-0.1, -0.05) is 54.6 Å². The number of thiophene rings is 1. The van der Waals surface area contributed by atoms with Gasteiger partial charge in [-0.25, -0.2) is 9.97 Å². The van der Waals surface area contributed by atoms with E-state index >= 15 is 0 Å². The van der Waals surface area contributed by atoms with Gasteiger partial charge in [0.05, 0.1) is 5.39 Å². The van der Waals surface area contributed by atoms with Gasteiger partial charge in [-0.05, 0) is 29.2 Å². The second-order valence-corrected chi connectivity index (χ2v) is 7.36. The fraction of sp³-hybridized carbons (Fsp3) is 0.143. The van der Waals surface area contributed by atoms with Crippen molar-refractivity contribution in [2.24, 2.45) is 0 Å². The molecule has 0 spiro atoms. The van der Waals surface area contributed by atoms with Crippen molar-refractivity contribution in [1.82, 2.24) is 9.97 Å². The van der Waals surface area contributed by atoms with E-state index in [0.717, 1.165) is 35.5 Å². The van der Waals surface area contributed by atoms with Gasteiger partial charge in [0.1, 0.15) is 17.0 Å². The van der Waals surface area contributed by atoms with E-state index in [2.05, 4.69) is 69.5 Å². The highest BCUT2D eigenvalue weighted by molar-refractivity contribution is 7.21. The fourth-order valence-electron chi connectivity index (χ4n) is 3.52. The molecule has 0 N–H and O–H groups in total. The summed E-state index contributed by atoms with van der Waals surface area (Å²) in [4.78, 5) is 13.8. The van der Waals surface area contributed by atoms with Gasteiger partial charge < -0.3 is 4.90 Å². The average molecular weight is 343 g/mol. The maximum atomic E-state index is 4.63. The van der Waals surface area contributed by atoms with Crippen LogP contribution in [0, 0.1) is 0 Å². The number of rotatable bonds is 2. The standard InChI is InChI=1S/C21H17N3S/c1-2-7-16(8-3-1)19-12-18-20(22-14-23-21(18)25-19)24-11-10-15-6-4-5-9-17(15)13-24/h1-9,12,14H,10-11,13H2. The molecule has 0 bridgehead atoms. The average Bonchev–Trinajstić information content (AvgIpc) is 3.13. The second kappa shape index (κ2) is 5.97. The van der Waals surface area contributed by atoms with Crippen LogP contribution in [-0.2, 0) is 13.0 Å². The van der Waals surface area contributed by atoms with Crippen molar-refractivity contribution in [2.45, 2.75) is 13.0 Å². The summed E-state index contributed by atoms with van der Waals surface area (Å²) in [6, 6.07) is 21.5. The lowest BCUT2D eigenvalue weighted by Crippen LogP contribution is -2.31. The zero-order valence-corrected chi connectivity index (χ0v) is 14.5. The Kier molecular flexibility index (Phi) is 3.49. The highest BCUT2D eigenvalue weighted by Crippen LogP contribution is 2.37. The largest absolute Gasteiger partial charge is 0.351 e. The van der Waals surface area contributed by atoms with Crippen LogP contribution in [-0.4, -0.2) is 16.5 Å². The molecule has 1 aliphatic heterocycles. The lowest BCUT2D eigenvalue weighted by molar-refractivity contribution is 0.723. The van der Waals surface area contributed by atoms with Gasteiger partial charge in [-0.3, -0.25) is 0 Å². The lowest BCUT2D eigenvalue weighted by Gasteiger charge is -2.30. The van der Waals surface area contributed by atoms with Crippen molar-refractivity contribution in [3.63, 3.8) is 0 Å². The van der Waals surface area contributed by atoms with Gasteiger partial charge in [0.25, 0.3) is 0 Å². The third kappa shape index (κ3) is 2.59. The first-order valence-electron chi connectivity index (χ1n) is 8.50. The van der Waals surface area contributed by atoms with E-state index < -0.39 is 0 Å². The predicted octanol–water partition coefficient (Wildman–Crippen LogP) is 4.92. The van der Waals surface area contributed by atoms with Crippen molar-refractivity contribution >= 4 is 27.4 Å². The molecule has 3 nitrogen and oxygen atoms in total. The molecule has 4 heteroatoms. The monoisotopic (exact) mass is 343 g/mol. The molecular weight excluding hydrogens is 326 g/mol. The predicted molar refractivity (Wildman–Crippen MR) is 104 cm³/mol. The quantitative estimate of drug-likeness (QED) is 0.517. The summed E-state index contributed by atoms with van der Waals surface area (Å²) in [6.45, 7) is 1.92. The highest BCUT2D eigenvalue weighted by Gasteiger charge is 2.20. The third-order valence-electron chi connectivity index (χ3n) is 4.80. The number of hydrogen-bond donors (Lipinski definition) is 0. The minimum atomic E-state index is 0.915. The number of anilines is 1. The first-order chi connectivity index (χ1) is 12.4. The molecule has 0 saturated carbocycles. The number of nitrogens with zero attached hydrogens (tertiary/aromatic N) is 3. The SMILES string of the molecule is c1ccc(-c2cc3c(N4CCc5ccccc5C4)ncnc3s2)cc1. The van der Waals surface area contributed by atoms with Gasteiger partial charge in [-0.15, -0.1) is 11.3 Å². The Morgan fingerprint density at radius 2 is 1.68 bits per heavy atom. The molecule has 0 atom stereocenters. The van der Waals surface area contributed by atoms with E-state index in [0.29, 0.717) is 0 Å². The minimum Gasteiger partial charge on any atom is -0.351 e. The van der Waals surface area contributed by atoms with Crippen LogP contribution < -0.4 is 4.90 Å². The van der Waals surface area contributed by atoms with Crippen molar-refractivity contribution in [3.8, 4) is 10.4 Å². The molecular formula is C21H17N3S. The minimum absolute atomic E-state index is 0.915. The number of hydrogen-bond acceptors (Lipinski definition) is 4. The van der Waals surface area contributed by atoms with Crippen molar-refractivity contribution in [2.75, 3.05) is 11.4 Å². The molecule has 0 fully saturated rings. The summed E-state index contributed by atoms with van der Waals surface area (Å²) < 4.78 is 0. The summed E-state index contributed by atoms with van der Waals surface area (Å²) >= 11 is 1.74. The highest BCUT2D eigenvalue weighted by atomic mass is 32.1. The Hall–Kier alpha value is -2.72. The molecule has 0 saturated heterocycles. The second-order valence-electron chi connectivity index (χ2n) is 6.33. The van der Waals surface area contributed by atoms with E-state index in [1.807, 2.05) is 6.07 Å². The van der Waals surface area contributed by atoms with E-state index in [1.54, 1.807) is 17.7 Å². The van der Waals surface area contributed by atoms with Crippen molar-refractivity contribution in [3.05, 3.63) is 78.1 Å². The van der Waals surface area contributed by atoms with Crippen LogP contribution in [0.4, 0.5) is 5.82 Å². The van der Waals surface area contributed by atoms with Crippen LogP contribution in [0.3, 0.4) is 0 Å². The van der Waals surface area contributed by atoms with E-state index in [1.165, 1.54) is 21.6 Å². The van der Waals surface area contributed by atoms with Gasteiger partial charge in [-0.2, -0.15) is 0 Å².